The fraction of sp³-hybridized carbons (Fsp3) is 0.806. The Kier molecular flexibility index (Phi) is 77.0. The minimum Gasteiger partial charge on any atom is -0.447 e. The number of nitrogens with zero attached hydrogens (tertiary/aromatic N) is 8. The van der Waals surface area contributed by atoms with Gasteiger partial charge in [0.1, 0.15) is 26.4 Å². The van der Waals surface area contributed by atoms with Crippen molar-refractivity contribution in [3.05, 3.63) is 0 Å². The molecule has 0 radical (unpaired) electrons. The topological polar surface area (TPSA) is 302 Å². The summed E-state index contributed by atoms with van der Waals surface area (Å²) in [5.74, 6) is -0.569. The Balaban J connectivity index is -0.000000774. The van der Waals surface area contributed by atoms with Gasteiger partial charge in [0, 0.05) is 130 Å². The zero-order valence-corrected chi connectivity index (χ0v) is 60.0. The molecule has 0 aliphatic carbocycles. The normalized spacial score (nSPS) is 9.85. The number of hydrogen-bond acceptors (Lipinski definition) is 22. The molecule has 0 aliphatic rings. The molecule has 0 aromatic rings. The Hall–Kier alpha value is -5.19. The Labute approximate surface area is 593 Å². The number of isothiocyanates is 4. The molecule has 0 saturated carbocycles. The molecule has 0 spiro atoms. The van der Waals surface area contributed by atoms with E-state index in [2.05, 4.69) is 111 Å². The predicted molar refractivity (Wildman–Crippen MR) is 389 cm³/mol. The minimum absolute atomic E-state index is 0. The van der Waals surface area contributed by atoms with E-state index in [-0.39, 0.29) is 167 Å². The second kappa shape index (κ2) is 74.2. The van der Waals surface area contributed by atoms with E-state index < -0.39 is 12.2 Å². The Bertz CT molecular complexity index is 1910. The first-order valence-corrected chi connectivity index (χ1v) is 33.4. The van der Waals surface area contributed by atoms with E-state index in [0.29, 0.717) is 117 Å². The summed E-state index contributed by atoms with van der Waals surface area (Å²) in [6, 6.07) is 0. The largest absolute Gasteiger partial charge is 0.447 e. The first kappa shape index (κ1) is 96.5. The van der Waals surface area contributed by atoms with E-state index in [1.54, 1.807) is 9.80 Å². The third kappa shape index (κ3) is 64.0. The summed E-state index contributed by atoms with van der Waals surface area (Å²) in [6.45, 7) is 15.4. The number of thiocarbonyl (C=S) groups is 4. The number of nitrogens with one attached hydrogen (secondary N) is 4. The molecule has 0 heterocycles. The van der Waals surface area contributed by atoms with Crippen LogP contribution < -0.4 is 21.3 Å². The molecule has 8 amide bonds. The summed E-state index contributed by atoms with van der Waals surface area (Å²) < 4.78 is 32.1. The Morgan fingerprint density at radius 2 is 0.527 bits per heavy atom. The number of carbonyl (C=O) groups is 8. The van der Waals surface area contributed by atoms with Gasteiger partial charge in [0.15, 0.2) is 0 Å². The van der Waals surface area contributed by atoms with E-state index in [1.807, 2.05) is 27.7 Å². The van der Waals surface area contributed by atoms with Gasteiger partial charge in [0.25, 0.3) is 0 Å². The third-order valence-corrected chi connectivity index (χ3v) is 13.1. The minimum atomic E-state index is -0.648. The van der Waals surface area contributed by atoms with Crippen molar-refractivity contribution >= 4 is 141 Å². The van der Waals surface area contributed by atoms with Crippen LogP contribution in [0.4, 0.5) is 19.2 Å². The van der Waals surface area contributed by atoms with E-state index in [9.17, 15) is 38.4 Å². The summed E-state index contributed by atoms with van der Waals surface area (Å²) in [6.07, 6.45) is 12.4. The van der Waals surface area contributed by atoms with Crippen LogP contribution in [0.5, 0.6) is 0 Å². The monoisotopic (exact) mass is 1500 g/mol. The van der Waals surface area contributed by atoms with Gasteiger partial charge in [-0.05, 0) is 126 Å². The maximum absolute atomic E-state index is 13.0. The maximum Gasteiger partial charge on any atom is 0.409 e. The van der Waals surface area contributed by atoms with E-state index in [0.717, 1.165) is 77.0 Å². The predicted octanol–water partition coefficient (Wildman–Crippen LogP) is 10.4. The average Bonchev–Trinajstić information content (AvgIpc) is 3.64. The van der Waals surface area contributed by atoms with Crippen LogP contribution in [-0.2, 0) is 47.6 Å². The lowest BCUT2D eigenvalue weighted by Crippen LogP contribution is -2.43. The number of unbranched alkanes of at least 4 members (excludes halogenated alkanes) is 8. The van der Waals surface area contributed by atoms with Gasteiger partial charge in [-0.2, -0.15) is 0 Å². The summed E-state index contributed by atoms with van der Waals surface area (Å²) in [5, 5.41) is 20.6. The lowest BCUT2D eigenvalue weighted by molar-refractivity contribution is -0.122. The summed E-state index contributed by atoms with van der Waals surface area (Å²) in [5.41, 5.74) is 0. The van der Waals surface area contributed by atoms with Crippen molar-refractivity contribution in [2.75, 3.05) is 158 Å². The molecule has 93 heavy (non-hydrogen) atoms. The van der Waals surface area contributed by atoms with Crippen LogP contribution in [0.3, 0.4) is 0 Å². The van der Waals surface area contributed by atoms with Crippen LogP contribution in [0.2, 0.25) is 0 Å². The fourth-order valence-corrected chi connectivity index (χ4v) is 8.41. The molecular formula is C62H113IN12O14S4. The Morgan fingerprint density at radius 3 is 0.720 bits per heavy atom. The van der Waals surface area contributed by atoms with Crippen molar-refractivity contribution < 1.29 is 66.8 Å². The first-order chi connectivity index (χ1) is 43.8. The number of carbonyl (C=O) groups excluding carboxylic acids is 8. The average molecular weight is 1510 g/mol. The first-order valence-electron chi connectivity index (χ1n) is 31.8. The molecule has 0 atom stereocenters. The highest BCUT2D eigenvalue weighted by Gasteiger charge is 2.19. The second-order valence-electron chi connectivity index (χ2n) is 20.2. The number of hydrogen-bond donors (Lipinski definition) is 4. The van der Waals surface area contributed by atoms with Crippen LogP contribution >= 0.6 is 72.8 Å². The Morgan fingerprint density at radius 1 is 0.323 bits per heavy atom. The van der Waals surface area contributed by atoms with Crippen LogP contribution in [0.1, 0.15) is 171 Å². The smallest absolute Gasteiger partial charge is 0.409 e. The standard InChI is InChI=1S/C42H68N10O9S4.C18H36N2O5.2CH4.HI/c53-37(13-5-1-9-17-43-33-62)47-21-25-51(26-22-48-38(54)14-6-2-10-18-44-34-63)41(57)60-31-29-59-30-32-61-42(58)52(27-23-49-39(55)15-7-3-11-19-45-35-64)28-24-50-40(56)16-8-4-12-20-46-36-65;1-5-9-19(10-6-2)17(21)24-15-13-23-14-16-25-18(22)20(11-7-3)12-8-4;;;/h1-32H2,(H,47,53)(H,48,54)(H,49,55)(H,50,56);5-16H2,1-4H3;2*1H4;1H. The highest BCUT2D eigenvalue weighted by Crippen LogP contribution is 2.06. The molecule has 4 N–H and O–H groups in total. The molecule has 0 rings (SSSR count). The molecule has 0 bridgehead atoms. The van der Waals surface area contributed by atoms with Crippen LogP contribution in [-0.4, -0.2) is 246 Å². The third-order valence-electron chi connectivity index (χ3n) is 12.6. The van der Waals surface area contributed by atoms with Crippen molar-refractivity contribution in [3.63, 3.8) is 0 Å². The van der Waals surface area contributed by atoms with Crippen LogP contribution in [0, 0.1) is 0 Å². The molecule has 0 unspecified atom stereocenters. The van der Waals surface area contributed by atoms with Gasteiger partial charge in [-0.1, -0.05) is 68.2 Å². The van der Waals surface area contributed by atoms with Gasteiger partial charge < -0.3 is 69.3 Å². The van der Waals surface area contributed by atoms with Gasteiger partial charge in [0.2, 0.25) is 23.6 Å². The highest BCUT2D eigenvalue weighted by atomic mass is 127. The number of aliphatic imine (C=N–C) groups is 4. The lowest BCUT2D eigenvalue weighted by Gasteiger charge is -2.23. The molecule has 26 nitrogen and oxygen atoms in total. The number of ether oxygens (including phenoxy) is 6. The fourth-order valence-electron chi connectivity index (χ4n) is 8.05. The maximum atomic E-state index is 13.0. The van der Waals surface area contributed by atoms with Crippen LogP contribution in [0.15, 0.2) is 20.0 Å². The zero-order chi connectivity index (χ0) is 66.8. The number of halogens is 1. The van der Waals surface area contributed by atoms with E-state index in [4.69, 9.17) is 28.4 Å². The molecule has 0 fully saturated rings. The van der Waals surface area contributed by atoms with Crippen molar-refractivity contribution in [2.45, 2.75) is 171 Å². The SMILES string of the molecule is C.C.CCCN(CCC)C(=O)OCCOCCOC(=O)N(CCC)CCC.I.O=C(CCCCCN=C=S)NCCN(CCNC(=O)CCCCCN=C=S)C(=O)OCCOCCOC(=O)N(CCNC(=O)CCCCCN=C=S)CCNC(=O)CCCCCN=C=S. The highest BCUT2D eigenvalue weighted by molar-refractivity contribution is 14.0. The van der Waals surface area contributed by atoms with Gasteiger partial charge >= 0.3 is 24.4 Å². The lowest BCUT2D eigenvalue weighted by atomic mass is 10.2. The molecule has 0 aromatic carbocycles. The van der Waals surface area contributed by atoms with E-state index >= 15 is 0 Å². The van der Waals surface area contributed by atoms with E-state index in [1.165, 1.54) is 9.80 Å². The number of rotatable bonds is 56. The van der Waals surface area contributed by atoms with Crippen molar-refractivity contribution in [1.29, 1.82) is 0 Å². The van der Waals surface area contributed by atoms with Gasteiger partial charge in [-0.3, -0.25) is 19.2 Å². The molecule has 536 valence electrons. The molecule has 0 aromatic heterocycles. The quantitative estimate of drug-likeness (QED) is 0.0145. The summed E-state index contributed by atoms with van der Waals surface area (Å²) >= 11 is 18.2. The van der Waals surface area contributed by atoms with Crippen molar-refractivity contribution in [2.24, 2.45) is 20.0 Å². The number of amides is 8. The van der Waals surface area contributed by atoms with Gasteiger partial charge in [0.05, 0.1) is 47.1 Å². The molecular weight excluding hydrogens is 1390 g/mol. The molecule has 0 aliphatic heterocycles. The molecule has 0 saturated heterocycles. The molecule has 31 heteroatoms. The van der Waals surface area contributed by atoms with Gasteiger partial charge in [-0.15, -0.1) is 24.0 Å². The summed E-state index contributed by atoms with van der Waals surface area (Å²) in [4.78, 5) is 121. The zero-order valence-electron chi connectivity index (χ0n) is 54.4. The summed E-state index contributed by atoms with van der Waals surface area (Å²) in [7, 11) is 0. The van der Waals surface area contributed by atoms with Gasteiger partial charge in [-0.25, -0.2) is 39.1 Å². The van der Waals surface area contributed by atoms with Crippen molar-refractivity contribution in [1.82, 2.24) is 40.9 Å². The van der Waals surface area contributed by atoms with Crippen LogP contribution in [0.25, 0.3) is 0 Å². The van der Waals surface area contributed by atoms with Crippen molar-refractivity contribution in [3.8, 4) is 0 Å². The second-order valence-corrected chi connectivity index (χ2v) is 20.9.